The number of hydrogen-bond acceptors (Lipinski definition) is 3. The van der Waals surface area contributed by atoms with Gasteiger partial charge in [-0.15, -0.1) is 12.4 Å². The Labute approximate surface area is 175 Å². The highest BCUT2D eigenvalue weighted by molar-refractivity contribution is 6.31. The summed E-state index contributed by atoms with van der Waals surface area (Å²) in [4.78, 5) is 0. The molecule has 148 valence electrons. The molecule has 3 rings (SSSR count). The number of halogens is 3. The van der Waals surface area contributed by atoms with Crippen molar-refractivity contribution in [2.24, 2.45) is 0 Å². The van der Waals surface area contributed by atoms with E-state index in [0.29, 0.717) is 31.2 Å². The molecule has 0 aliphatic carbocycles. The molecule has 0 saturated heterocycles. The van der Waals surface area contributed by atoms with E-state index in [1.165, 1.54) is 12.1 Å². The van der Waals surface area contributed by atoms with Crippen LogP contribution in [0.3, 0.4) is 0 Å². The van der Waals surface area contributed by atoms with Crippen LogP contribution in [0.25, 0.3) is 0 Å². The fraction of sp³-hybridized carbons (Fsp3) is 0.182. The molecule has 3 nitrogen and oxygen atoms in total. The predicted octanol–water partition coefficient (Wildman–Crippen LogP) is 5.78. The molecule has 3 aromatic rings. The van der Waals surface area contributed by atoms with Crippen molar-refractivity contribution in [3.63, 3.8) is 0 Å². The van der Waals surface area contributed by atoms with Gasteiger partial charge in [0.05, 0.1) is 7.11 Å². The van der Waals surface area contributed by atoms with Crippen LogP contribution in [0.2, 0.25) is 5.02 Å². The second-order valence-corrected chi connectivity index (χ2v) is 6.50. The van der Waals surface area contributed by atoms with Crippen LogP contribution >= 0.6 is 24.0 Å². The number of methoxy groups -OCH3 is 1. The minimum Gasteiger partial charge on any atom is -0.493 e. The Morgan fingerprint density at radius 3 is 2.32 bits per heavy atom. The summed E-state index contributed by atoms with van der Waals surface area (Å²) in [6.07, 6.45) is 0. The Hall–Kier alpha value is -2.27. The molecule has 0 fully saturated rings. The number of hydrogen-bond donors (Lipinski definition) is 1. The molecule has 0 amide bonds. The third kappa shape index (κ3) is 6.13. The van der Waals surface area contributed by atoms with Crippen molar-refractivity contribution in [3.05, 3.63) is 94.3 Å². The molecule has 0 saturated carbocycles. The molecule has 0 radical (unpaired) electrons. The molecule has 0 atom stereocenters. The van der Waals surface area contributed by atoms with E-state index in [1.54, 1.807) is 19.2 Å². The summed E-state index contributed by atoms with van der Waals surface area (Å²) in [6.45, 7) is 1.71. The maximum Gasteiger partial charge on any atom is 0.161 e. The predicted molar refractivity (Wildman–Crippen MR) is 113 cm³/mol. The van der Waals surface area contributed by atoms with Crippen LogP contribution in [-0.2, 0) is 19.7 Å². The fourth-order valence-corrected chi connectivity index (χ4v) is 2.87. The van der Waals surface area contributed by atoms with Crippen LogP contribution in [-0.4, -0.2) is 7.11 Å². The van der Waals surface area contributed by atoms with E-state index in [-0.39, 0.29) is 18.2 Å². The standard InChI is InChI=1S/C22H21ClFNO2.ClH/c1-26-22-12-17(13-25-14-18-4-2-3-5-20(18)23)8-11-21(22)27-15-16-6-9-19(24)10-7-16;/h2-12,25H,13-15H2,1H3;1H. The summed E-state index contributed by atoms with van der Waals surface area (Å²) in [5, 5.41) is 4.13. The van der Waals surface area contributed by atoms with Gasteiger partial charge in [0.2, 0.25) is 0 Å². The molecule has 0 aliphatic rings. The highest BCUT2D eigenvalue weighted by atomic mass is 35.5. The van der Waals surface area contributed by atoms with E-state index in [0.717, 1.165) is 21.7 Å². The van der Waals surface area contributed by atoms with Crippen molar-refractivity contribution in [1.29, 1.82) is 0 Å². The Kier molecular flexibility index (Phi) is 8.58. The first-order chi connectivity index (χ1) is 13.2. The monoisotopic (exact) mass is 421 g/mol. The number of nitrogens with one attached hydrogen (secondary N) is 1. The van der Waals surface area contributed by atoms with Crippen LogP contribution in [0.5, 0.6) is 11.5 Å². The van der Waals surface area contributed by atoms with Crippen LogP contribution in [0.4, 0.5) is 4.39 Å². The molecule has 0 heterocycles. The third-order valence-electron chi connectivity index (χ3n) is 4.14. The molecular weight excluding hydrogens is 400 g/mol. The van der Waals surface area contributed by atoms with Crippen molar-refractivity contribution >= 4 is 24.0 Å². The first-order valence-electron chi connectivity index (χ1n) is 8.64. The summed E-state index contributed by atoms with van der Waals surface area (Å²) in [6, 6.07) is 19.8. The summed E-state index contributed by atoms with van der Waals surface area (Å²) >= 11 is 6.17. The van der Waals surface area contributed by atoms with Crippen LogP contribution in [0, 0.1) is 5.82 Å². The average Bonchev–Trinajstić information content (AvgIpc) is 2.69. The molecule has 0 unspecified atom stereocenters. The lowest BCUT2D eigenvalue weighted by atomic mass is 10.2. The van der Waals surface area contributed by atoms with E-state index in [4.69, 9.17) is 21.1 Å². The van der Waals surface area contributed by atoms with E-state index >= 15 is 0 Å². The van der Waals surface area contributed by atoms with Gasteiger partial charge in [0.15, 0.2) is 11.5 Å². The average molecular weight is 422 g/mol. The Bertz CT molecular complexity index is 888. The number of ether oxygens (including phenoxy) is 2. The highest BCUT2D eigenvalue weighted by Crippen LogP contribution is 2.29. The largest absolute Gasteiger partial charge is 0.493 e. The van der Waals surface area contributed by atoms with Crippen molar-refractivity contribution in [2.45, 2.75) is 19.7 Å². The summed E-state index contributed by atoms with van der Waals surface area (Å²) in [5.74, 6) is 1.05. The van der Waals surface area contributed by atoms with Crippen LogP contribution in [0.15, 0.2) is 66.7 Å². The van der Waals surface area contributed by atoms with Gasteiger partial charge in [-0.05, 0) is 47.0 Å². The Balaban J connectivity index is 0.00000280. The SMILES string of the molecule is COc1cc(CNCc2ccccc2Cl)ccc1OCc1ccc(F)cc1.Cl. The third-order valence-corrected chi connectivity index (χ3v) is 4.51. The summed E-state index contributed by atoms with van der Waals surface area (Å²) in [7, 11) is 1.61. The molecule has 0 aliphatic heterocycles. The first kappa shape index (κ1) is 22.0. The minimum absolute atomic E-state index is 0. The van der Waals surface area contributed by atoms with Gasteiger partial charge < -0.3 is 14.8 Å². The summed E-state index contributed by atoms with van der Waals surface area (Å²) < 4.78 is 24.2. The molecule has 6 heteroatoms. The van der Waals surface area contributed by atoms with Crippen molar-refractivity contribution < 1.29 is 13.9 Å². The van der Waals surface area contributed by atoms with E-state index in [2.05, 4.69) is 5.32 Å². The zero-order valence-corrected chi connectivity index (χ0v) is 17.0. The topological polar surface area (TPSA) is 30.5 Å². The maximum absolute atomic E-state index is 13.0. The quantitative estimate of drug-likeness (QED) is 0.499. The maximum atomic E-state index is 13.0. The zero-order valence-electron chi connectivity index (χ0n) is 15.5. The molecular formula is C22H22Cl2FNO2. The van der Waals surface area contributed by atoms with E-state index < -0.39 is 0 Å². The van der Waals surface area contributed by atoms with Gasteiger partial charge in [-0.1, -0.05) is 48.0 Å². The molecule has 3 aromatic carbocycles. The van der Waals surface area contributed by atoms with Gasteiger partial charge in [-0.25, -0.2) is 4.39 Å². The van der Waals surface area contributed by atoms with Gasteiger partial charge in [0, 0.05) is 18.1 Å². The second kappa shape index (κ2) is 10.9. The minimum atomic E-state index is -0.259. The normalized spacial score (nSPS) is 10.2. The Morgan fingerprint density at radius 2 is 1.61 bits per heavy atom. The highest BCUT2D eigenvalue weighted by Gasteiger charge is 2.07. The van der Waals surface area contributed by atoms with Gasteiger partial charge >= 0.3 is 0 Å². The van der Waals surface area contributed by atoms with Gasteiger partial charge in [0.25, 0.3) is 0 Å². The molecule has 0 spiro atoms. The first-order valence-corrected chi connectivity index (χ1v) is 9.02. The van der Waals surface area contributed by atoms with Crippen molar-refractivity contribution in [3.8, 4) is 11.5 Å². The molecule has 0 aromatic heterocycles. The van der Waals surface area contributed by atoms with Crippen LogP contribution in [0.1, 0.15) is 16.7 Å². The van der Waals surface area contributed by atoms with Crippen molar-refractivity contribution in [1.82, 2.24) is 5.32 Å². The molecule has 28 heavy (non-hydrogen) atoms. The van der Waals surface area contributed by atoms with E-state index in [1.807, 2.05) is 42.5 Å². The number of benzene rings is 3. The lowest BCUT2D eigenvalue weighted by Gasteiger charge is -2.13. The molecule has 0 bridgehead atoms. The van der Waals surface area contributed by atoms with Gasteiger partial charge in [-0.2, -0.15) is 0 Å². The van der Waals surface area contributed by atoms with Gasteiger partial charge in [-0.3, -0.25) is 0 Å². The van der Waals surface area contributed by atoms with E-state index in [9.17, 15) is 4.39 Å². The zero-order chi connectivity index (χ0) is 19.1. The summed E-state index contributed by atoms with van der Waals surface area (Å²) in [5.41, 5.74) is 3.03. The molecule has 1 N–H and O–H groups in total. The number of rotatable bonds is 8. The van der Waals surface area contributed by atoms with Crippen LogP contribution < -0.4 is 14.8 Å². The fourth-order valence-electron chi connectivity index (χ4n) is 2.67. The van der Waals surface area contributed by atoms with Gasteiger partial charge in [0.1, 0.15) is 12.4 Å². The van der Waals surface area contributed by atoms with Crippen molar-refractivity contribution in [2.75, 3.05) is 7.11 Å². The lowest BCUT2D eigenvalue weighted by molar-refractivity contribution is 0.284. The smallest absolute Gasteiger partial charge is 0.161 e. The second-order valence-electron chi connectivity index (χ2n) is 6.10. The lowest BCUT2D eigenvalue weighted by Crippen LogP contribution is -2.13. The Morgan fingerprint density at radius 1 is 0.893 bits per heavy atom.